The van der Waals surface area contributed by atoms with Gasteiger partial charge in [-0.3, -0.25) is 14.3 Å². The number of aliphatic hydroxyl groups excluding tert-OH is 2. The first kappa shape index (κ1) is 12.5. The number of aliphatic hydroxyl groups is 2. The molecule has 0 saturated carbocycles. The molecule has 104 valence electrons. The summed E-state index contributed by atoms with van der Waals surface area (Å²) in [4.78, 5) is 25.0. The third-order valence-electron chi connectivity index (χ3n) is 3.72. The van der Waals surface area contributed by atoms with Crippen molar-refractivity contribution < 1.29 is 19.7 Å². The Morgan fingerprint density at radius 3 is 2.79 bits per heavy atom. The smallest absolute Gasteiger partial charge is 0.330 e. The van der Waals surface area contributed by atoms with Crippen molar-refractivity contribution in [1.82, 2.24) is 9.55 Å². The zero-order valence-electron chi connectivity index (χ0n) is 9.98. The van der Waals surface area contributed by atoms with Gasteiger partial charge in [-0.25, -0.2) is 4.79 Å². The van der Waals surface area contributed by atoms with E-state index in [9.17, 15) is 19.8 Å². The molecule has 0 radical (unpaired) electrons. The van der Waals surface area contributed by atoms with Crippen LogP contribution in [0.1, 0.15) is 12.6 Å². The molecule has 1 spiro atoms. The highest BCUT2D eigenvalue weighted by molar-refractivity contribution is 5.07. The van der Waals surface area contributed by atoms with Crippen molar-refractivity contribution in [3.63, 3.8) is 0 Å². The van der Waals surface area contributed by atoms with Gasteiger partial charge < -0.3 is 19.7 Å². The number of rotatable bonds is 2. The fourth-order valence-corrected chi connectivity index (χ4v) is 2.64. The summed E-state index contributed by atoms with van der Waals surface area (Å²) in [7, 11) is 0. The average molecular weight is 270 g/mol. The molecule has 3 rings (SSSR count). The van der Waals surface area contributed by atoms with Gasteiger partial charge in [0.25, 0.3) is 5.56 Å². The van der Waals surface area contributed by atoms with E-state index >= 15 is 0 Å². The molecule has 1 unspecified atom stereocenters. The molecule has 8 heteroatoms. The van der Waals surface area contributed by atoms with Crippen LogP contribution >= 0.6 is 0 Å². The molecule has 0 aromatic carbocycles. The number of aromatic amines is 1. The summed E-state index contributed by atoms with van der Waals surface area (Å²) < 4.78 is 12.1. The van der Waals surface area contributed by atoms with Crippen molar-refractivity contribution in [3.8, 4) is 0 Å². The lowest BCUT2D eigenvalue weighted by Gasteiger charge is -2.44. The van der Waals surface area contributed by atoms with E-state index in [2.05, 4.69) is 4.98 Å². The molecule has 19 heavy (non-hydrogen) atoms. The fraction of sp³-hybridized carbons (Fsp3) is 0.636. The second-order valence-corrected chi connectivity index (χ2v) is 4.73. The van der Waals surface area contributed by atoms with Gasteiger partial charge in [0.1, 0.15) is 17.8 Å². The van der Waals surface area contributed by atoms with Crippen LogP contribution in [-0.2, 0) is 9.47 Å². The maximum Gasteiger partial charge on any atom is 0.330 e. The van der Waals surface area contributed by atoms with E-state index in [-0.39, 0.29) is 6.61 Å². The number of nitrogens with zero attached hydrogens (tertiary/aromatic N) is 1. The van der Waals surface area contributed by atoms with Gasteiger partial charge in [0.15, 0.2) is 6.23 Å². The fourth-order valence-electron chi connectivity index (χ4n) is 2.64. The Bertz CT molecular complexity index is 589. The number of nitrogens with one attached hydrogen (secondary N) is 1. The standard InChI is InChI=1S/C11H14N2O6/c14-5-6-8(16)11(2-4-18-11)9(19-6)13-3-1-7(15)12-10(13)17/h1,3,6,8-9,14,16H,2,4-5H2,(H,12,15,17)/t6-,8?,9-,11-/m1/s1. The Kier molecular flexibility index (Phi) is 2.82. The highest BCUT2D eigenvalue weighted by Gasteiger charge is 2.61. The Labute approximate surface area is 107 Å². The van der Waals surface area contributed by atoms with Gasteiger partial charge in [0.05, 0.1) is 13.2 Å². The van der Waals surface area contributed by atoms with Crippen molar-refractivity contribution in [2.45, 2.75) is 30.5 Å². The molecule has 8 nitrogen and oxygen atoms in total. The lowest BCUT2D eigenvalue weighted by molar-refractivity contribution is -0.227. The summed E-state index contributed by atoms with van der Waals surface area (Å²) in [6, 6.07) is 1.19. The monoisotopic (exact) mass is 270 g/mol. The van der Waals surface area contributed by atoms with Crippen molar-refractivity contribution in [3.05, 3.63) is 33.1 Å². The SMILES string of the molecule is O=c1ccn([C@@H]2O[C@H](CO)C(O)[C@]23CCO3)c(=O)[nH]1. The highest BCUT2D eigenvalue weighted by atomic mass is 16.6. The molecule has 2 fully saturated rings. The van der Waals surface area contributed by atoms with Crippen LogP contribution in [0.5, 0.6) is 0 Å². The quantitative estimate of drug-likeness (QED) is 0.570. The molecule has 2 aliphatic rings. The van der Waals surface area contributed by atoms with E-state index in [1.165, 1.54) is 16.8 Å². The normalized spacial score (nSPS) is 37.5. The molecule has 0 aliphatic carbocycles. The van der Waals surface area contributed by atoms with Crippen molar-refractivity contribution in [2.75, 3.05) is 13.2 Å². The van der Waals surface area contributed by atoms with Gasteiger partial charge in [-0.2, -0.15) is 0 Å². The van der Waals surface area contributed by atoms with E-state index in [0.29, 0.717) is 13.0 Å². The lowest BCUT2D eigenvalue weighted by Crippen LogP contribution is -2.57. The maximum absolute atomic E-state index is 11.8. The van der Waals surface area contributed by atoms with Crippen LogP contribution in [0.25, 0.3) is 0 Å². The van der Waals surface area contributed by atoms with Crippen LogP contribution in [-0.4, -0.2) is 50.8 Å². The minimum atomic E-state index is -1.03. The minimum Gasteiger partial charge on any atom is -0.394 e. The predicted molar refractivity (Wildman–Crippen MR) is 61.6 cm³/mol. The molecular formula is C11H14N2O6. The van der Waals surface area contributed by atoms with Crippen LogP contribution < -0.4 is 11.2 Å². The predicted octanol–water partition coefficient (Wildman–Crippen LogP) is -2.05. The van der Waals surface area contributed by atoms with Crippen LogP contribution in [0.2, 0.25) is 0 Å². The summed E-state index contributed by atoms with van der Waals surface area (Å²) in [6.45, 7) is 0.0774. The van der Waals surface area contributed by atoms with E-state index < -0.39 is 35.3 Å². The Morgan fingerprint density at radius 2 is 2.26 bits per heavy atom. The minimum absolute atomic E-state index is 0.374. The zero-order chi connectivity index (χ0) is 13.6. The van der Waals surface area contributed by atoms with Crippen LogP contribution in [0.4, 0.5) is 0 Å². The van der Waals surface area contributed by atoms with Crippen molar-refractivity contribution >= 4 is 0 Å². The van der Waals surface area contributed by atoms with Crippen molar-refractivity contribution in [2.24, 2.45) is 0 Å². The van der Waals surface area contributed by atoms with Gasteiger partial charge in [-0.05, 0) is 0 Å². The Hall–Kier alpha value is -1.48. The van der Waals surface area contributed by atoms with Gasteiger partial charge in [0.2, 0.25) is 0 Å². The van der Waals surface area contributed by atoms with Gasteiger partial charge in [0, 0.05) is 18.7 Å². The second kappa shape index (κ2) is 4.27. The summed E-state index contributed by atoms with van der Waals surface area (Å²) in [5.74, 6) is 0. The average Bonchev–Trinajstić information content (AvgIpc) is 2.62. The zero-order valence-corrected chi connectivity index (χ0v) is 9.98. The first-order chi connectivity index (χ1) is 9.08. The first-order valence-electron chi connectivity index (χ1n) is 5.98. The van der Waals surface area contributed by atoms with Gasteiger partial charge in [-0.1, -0.05) is 0 Å². The highest BCUT2D eigenvalue weighted by Crippen LogP contribution is 2.47. The van der Waals surface area contributed by atoms with Crippen LogP contribution in [0.3, 0.4) is 0 Å². The third-order valence-corrected chi connectivity index (χ3v) is 3.72. The van der Waals surface area contributed by atoms with Gasteiger partial charge >= 0.3 is 5.69 Å². The molecule has 0 amide bonds. The number of hydrogen-bond donors (Lipinski definition) is 3. The van der Waals surface area contributed by atoms with Crippen LogP contribution in [0.15, 0.2) is 21.9 Å². The molecule has 3 heterocycles. The topological polar surface area (TPSA) is 114 Å². The Balaban J connectivity index is 2.04. The summed E-state index contributed by atoms with van der Waals surface area (Å²) >= 11 is 0. The Morgan fingerprint density at radius 1 is 1.53 bits per heavy atom. The van der Waals surface area contributed by atoms with E-state index in [0.717, 1.165) is 0 Å². The molecule has 2 saturated heterocycles. The molecule has 1 aromatic rings. The first-order valence-corrected chi connectivity index (χ1v) is 5.98. The van der Waals surface area contributed by atoms with E-state index in [1.54, 1.807) is 0 Å². The number of ether oxygens (including phenoxy) is 2. The lowest BCUT2D eigenvalue weighted by atomic mass is 9.86. The van der Waals surface area contributed by atoms with Crippen LogP contribution in [0, 0.1) is 0 Å². The molecular weight excluding hydrogens is 256 g/mol. The summed E-state index contributed by atoms with van der Waals surface area (Å²) in [5.41, 5.74) is -2.18. The molecule has 1 aromatic heterocycles. The second-order valence-electron chi connectivity index (χ2n) is 4.73. The molecule has 4 atom stereocenters. The summed E-state index contributed by atoms with van der Waals surface area (Å²) in [5, 5.41) is 19.3. The number of hydrogen-bond acceptors (Lipinski definition) is 6. The largest absolute Gasteiger partial charge is 0.394 e. The molecule has 0 bridgehead atoms. The third kappa shape index (κ3) is 1.68. The summed E-state index contributed by atoms with van der Waals surface area (Å²) in [6.07, 6.45) is -0.889. The maximum atomic E-state index is 11.8. The van der Waals surface area contributed by atoms with Crippen molar-refractivity contribution in [1.29, 1.82) is 0 Å². The molecule has 3 N–H and O–H groups in total. The molecule has 2 aliphatic heterocycles. The number of aromatic nitrogens is 2. The van der Waals surface area contributed by atoms with E-state index in [1.807, 2.05) is 0 Å². The van der Waals surface area contributed by atoms with Gasteiger partial charge in [-0.15, -0.1) is 0 Å². The number of H-pyrrole nitrogens is 1. The van der Waals surface area contributed by atoms with E-state index in [4.69, 9.17) is 9.47 Å².